The first-order valence-electron chi connectivity index (χ1n) is 10.3. The molecule has 0 aromatic heterocycles. The Kier molecular flexibility index (Phi) is 7.36. The van der Waals surface area contributed by atoms with Crippen molar-refractivity contribution in [1.29, 1.82) is 0 Å². The maximum Gasteiger partial charge on any atom is 0.416 e. The summed E-state index contributed by atoms with van der Waals surface area (Å²) in [7, 11) is 0. The maximum absolute atomic E-state index is 13.3. The highest BCUT2D eigenvalue weighted by Crippen LogP contribution is 2.37. The van der Waals surface area contributed by atoms with Crippen LogP contribution in [0.15, 0.2) is 42.5 Å². The van der Waals surface area contributed by atoms with Gasteiger partial charge in [0, 0.05) is 26.6 Å². The third-order valence-electron chi connectivity index (χ3n) is 5.83. The number of carbonyl (C=O) groups excluding carboxylic acids is 1. The highest BCUT2D eigenvalue weighted by Gasteiger charge is 2.37. The van der Waals surface area contributed by atoms with Gasteiger partial charge in [0.25, 0.3) is 0 Å². The monoisotopic (exact) mass is 476 g/mol. The number of rotatable bonds is 5. The molecule has 10 heteroatoms. The van der Waals surface area contributed by atoms with E-state index >= 15 is 0 Å². The van der Waals surface area contributed by atoms with E-state index in [1.807, 2.05) is 0 Å². The Morgan fingerprint density at radius 2 is 1.58 bits per heavy atom. The molecule has 3 nitrogen and oxygen atoms in total. The molecule has 0 radical (unpaired) electrons. The van der Waals surface area contributed by atoms with Crippen LogP contribution in [0.4, 0.5) is 30.7 Å². The normalized spacial score (nSPS) is 19.4. The Bertz CT molecular complexity index is 938. The lowest BCUT2D eigenvalue weighted by atomic mass is 9.80. The molecule has 2 atom stereocenters. The second kappa shape index (κ2) is 9.70. The average Bonchev–Trinajstić information content (AvgIpc) is 2.73. The number of piperidine rings is 1. The van der Waals surface area contributed by atoms with E-state index in [0.717, 1.165) is 5.56 Å². The van der Waals surface area contributed by atoms with Crippen molar-refractivity contribution in [2.45, 2.75) is 38.2 Å². The number of hydrogen-bond donors (Lipinski definition) is 1. The Labute approximate surface area is 186 Å². The van der Waals surface area contributed by atoms with Crippen molar-refractivity contribution < 1.29 is 35.5 Å². The second-order valence-electron chi connectivity index (χ2n) is 8.22. The van der Waals surface area contributed by atoms with Crippen molar-refractivity contribution >= 4 is 5.91 Å². The molecule has 3 rings (SSSR count). The van der Waals surface area contributed by atoms with Gasteiger partial charge in [0.1, 0.15) is 5.82 Å². The highest BCUT2D eigenvalue weighted by atomic mass is 19.4. The second-order valence-corrected chi connectivity index (χ2v) is 8.22. The Hall–Kier alpha value is -2.62. The highest BCUT2D eigenvalue weighted by molar-refractivity contribution is 5.73. The predicted octanol–water partition coefficient (Wildman–Crippen LogP) is 5.61. The van der Waals surface area contributed by atoms with Gasteiger partial charge in [0.2, 0.25) is 5.91 Å². The number of carbonyl (C=O) groups is 1. The molecule has 0 bridgehead atoms. The summed E-state index contributed by atoms with van der Waals surface area (Å²) in [5, 5.41) is 3.20. The minimum atomic E-state index is -4.96. The van der Waals surface area contributed by atoms with Gasteiger partial charge in [-0.1, -0.05) is 12.1 Å². The zero-order valence-corrected chi connectivity index (χ0v) is 17.7. The number of nitrogens with one attached hydrogen (secondary N) is 1. The smallest absolute Gasteiger partial charge is 0.338 e. The Morgan fingerprint density at radius 3 is 2.09 bits per heavy atom. The maximum atomic E-state index is 13.3. The van der Waals surface area contributed by atoms with E-state index < -0.39 is 35.9 Å². The molecule has 1 aliphatic rings. The molecule has 33 heavy (non-hydrogen) atoms. The zero-order valence-electron chi connectivity index (χ0n) is 17.7. The van der Waals surface area contributed by atoms with Gasteiger partial charge in [-0.25, -0.2) is 4.39 Å². The minimum absolute atomic E-state index is 0.0408. The lowest BCUT2D eigenvalue weighted by molar-refractivity contribution is -0.143. The van der Waals surface area contributed by atoms with Crippen LogP contribution < -0.4 is 5.32 Å². The first-order chi connectivity index (χ1) is 15.3. The van der Waals surface area contributed by atoms with Gasteiger partial charge in [-0.05, 0) is 66.3 Å². The van der Waals surface area contributed by atoms with Crippen LogP contribution >= 0.6 is 0 Å². The number of amides is 1. The molecule has 2 aromatic rings. The molecule has 1 aliphatic heterocycles. The summed E-state index contributed by atoms with van der Waals surface area (Å²) in [6.45, 7) is 2.15. The molecule has 1 N–H and O–H groups in total. The number of alkyl halides is 6. The topological polar surface area (TPSA) is 32.3 Å². The van der Waals surface area contributed by atoms with Crippen molar-refractivity contribution in [2.75, 3.05) is 19.6 Å². The van der Waals surface area contributed by atoms with Gasteiger partial charge in [0.05, 0.1) is 11.1 Å². The molecular formula is C23H23F7N2O. The van der Waals surface area contributed by atoms with Crippen molar-refractivity contribution in [3.63, 3.8) is 0 Å². The molecule has 0 aliphatic carbocycles. The van der Waals surface area contributed by atoms with Crippen molar-refractivity contribution in [3.8, 4) is 0 Å². The largest absolute Gasteiger partial charge is 0.416 e. The fourth-order valence-corrected chi connectivity index (χ4v) is 4.18. The summed E-state index contributed by atoms with van der Waals surface area (Å²) in [4.78, 5) is 13.5. The van der Waals surface area contributed by atoms with Crippen molar-refractivity contribution in [2.24, 2.45) is 5.92 Å². The van der Waals surface area contributed by atoms with Crippen LogP contribution in [0.1, 0.15) is 41.5 Å². The van der Waals surface area contributed by atoms with Crippen molar-refractivity contribution in [1.82, 2.24) is 10.2 Å². The van der Waals surface area contributed by atoms with Gasteiger partial charge in [-0.2, -0.15) is 26.3 Å². The molecule has 0 unspecified atom stereocenters. The van der Waals surface area contributed by atoms with Crippen LogP contribution in [0.5, 0.6) is 0 Å². The van der Waals surface area contributed by atoms with Gasteiger partial charge < -0.3 is 10.2 Å². The number of hydrogen-bond acceptors (Lipinski definition) is 2. The summed E-state index contributed by atoms with van der Waals surface area (Å²) >= 11 is 0. The molecule has 0 saturated carbocycles. The van der Waals surface area contributed by atoms with Crippen LogP contribution in [0.25, 0.3) is 0 Å². The standard InChI is InChI=1S/C23H23F7N2O/c1-14(33)32(12-15-8-18(22(25,26)27)10-19(9-15)23(28,29)30)13-17-11-31-7-6-21(17)16-2-4-20(24)5-3-16/h2-5,8-10,17,21,31H,6-7,11-13H2,1H3/t17-,21-/m0/s1. The summed E-state index contributed by atoms with van der Waals surface area (Å²) in [5.41, 5.74) is -2.22. The van der Waals surface area contributed by atoms with E-state index in [2.05, 4.69) is 5.32 Å². The van der Waals surface area contributed by atoms with E-state index in [1.165, 1.54) is 24.0 Å². The lowest BCUT2D eigenvalue weighted by Gasteiger charge is -2.36. The molecule has 1 heterocycles. The fourth-order valence-electron chi connectivity index (χ4n) is 4.18. The summed E-state index contributed by atoms with van der Waals surface area (Å²) in [5.74, 6) is -1.05. The van der Waals surface area contributed by atoms with Gasteiger partial charge >= 0.3 is 12.4 Å². The van der Waals surface area contributed by atoms with Gasteiger partial charge in [-0.3, -0.25) is 4.79 Å². The third-order valence-corrected chi connectivity index (χ3v) is 5.83. The van der Waals surface area contributed by atoms with Crippen LogP contribution in [-0.4, -0.2) is 30.4 Å². The van der Waals surface area contributed by atoms with E-state index in [0.29, 0.717) is 31.6 Å². The first kappa shape index (κ1) is 25.0. The average molecular weight is 476 g/mol. The van der Waals surface area contributed by atoms with Crippen molar-refractivity contribution in [3.05, 3.63) is 70.5 Å². The first-order valence-corrected chi connectivity index (χ1v) is 10.3. The van der Waals surface area contributed by atoms with E-state index in [9.17, 15) is 35.5 Å². The minimum Gasteiger partial charge on any atom is -0.338 e. The zero-order chi connectivity index (χ0) is 24.4. The van der Waals surface area contributed by atoms with Crippen LogP contribution in [0.2, 0.25) is 0 Å². The van der Waals surface area contributed by atoms with E-state index in [4.69, 9.17) is 0 Å². The summed E-state index contributed by atoms with van der Waals surface area (Å²) < 4.78 is 92.5. The number of halogens is 7. The molecule has 1 fully saturated rings. The molecule has 180 valence electrons. The summed E-state index contributed by atoms with van der Waals surface area (Å²) in [6, 6.07) is 7.31. The lowest BCUT2D eigenvalue weighted by Crippen LogP contribution is -2.43. The molecule has 2 aromatic carbocycles. The number of benzene rings is 2. The van der Waals surface area contributed by atoms with E-state index in [1.54, 1.807) is 12.1 Å². The molecule has 1 saturated heterocycles. The van der Waals surface area contributed by atoms with E-state index in [-0.39, 0.29) is 35.8 Å². The van der Waals surface area contributed by atoms with Gasteiger partial charge in [-0.15, -0.1) is 0 Å². The number of nitrogens with zero attached hydrogens (tertiary/aromatic N) is 1. The van der Waals surface area contributed by atoms with Crippen LogP contribution in [0, 0.1) is 11.7 Å². The predicted molar refractivity (Wildman–Crippen MR) is 108 cm³/mol. The SMILES string of the molecule is CC(=O)N(Cc1cc(C(F)(F)F)cc(C(F)(F)F)c1)C[C@@H]1CNCC[C@H]1c1ccc(F)cc1. The fraction of sp³-hybridized carbons (Fsp3) is 0.435. The summed E-state index contributed by atoms with van der Waals surface area (Å²) in [6.07, 6.45) is -9.22. The van der Waals surface area contributed by atoms with Gasteiger partial charge in [0.15, 0.2) is 0 Å². The Balaban J connectivity index is 1.87. The van der Waals surface area contributed by atoms with Crippen LogP contribution in [0.3, 0.4) is 0 Å². The third kappa shape index (κ3) is 6.46. The molecule has 1 amide bonds. The molecule has 0 spiro atoms. The van der Waals surface area contributed by atoms with Crippen LogP contribution in [-0.2, 0) is 23.7 Å². The molecular weight excluding hydrogens is 453 g/mol. The quantitative estimate of drug-likeness (QED) is 0.570. The Morgan fingerprint density at radius 1 is 1.00 bits per heavy atom.